The van der Waals surface area contributed by atoms with Crippen LogP contribution in [0.2, 0.25) is 0 Å². The minimum absolute atomic E-state index is 0.0413. The van der Waals surface area contributed by atoms with Crippen molar-refractivity contribution in [3.8, 4) is 0 Å². The van der Waals surface area contributed by atoms with E-state index in [1.54, 1.807) is 37.3 Å². The first-order chi connectivity index (χ1) is 18.8. The average Bonchev–Trinajstić information content (AvgIpc) is 3.29. The van der Waals surface area contributed by atoms with Crippen LogP contribution in [0.25, 0.3) is 0 Å². The number of esters is 1. The molecule has 0 fully saturated rings. The molecule has 1 unspecified atom stereocenters. The third kappa shape index (κ3) is 6.39. The van der Waals surface area contributed by atoms with Gasteiger partial charge in [-0.3, -0.25) is 19.5 Å². The number of nitrogens with zero attached hydrogens (tertiary/aromatic N) is 3. The second kappa shape index (κ2) is 12.5. The Morgan fingerprint density at radius 2 is 1.67 bits per heavy atom. The topological polar surface area (TPSA) is 101 Å². The Morgan fingerprint density at radius 3 is 2.33 bits per heavy atom. The predicted octanol–water partition coefficient (Wildman–Crippen LogP) is 3.87. The van der Waals surface area contributed by atoms with Crippen molar-refractivity contribution in [2.45, 2.75) is 5.92 Å². The number of amides is 2. The molecule has 0 aliphatic carbocycles. The summed E-state index contributed by atoms with van der Waals surface area (Å²) in [5.41, 5.74) is 4.40. The Kier molecular flexibility index (Phi) is 8.85. The van der Waals surface area contributed by atoms with Gasteiger partial charge in [-0.15, -0.1) is 0 Å². The van der Waals surface area contributed by atoms with E-state index in [9.17, 15) is 14.4 Å². The standard InChI is InChI=1S/C30H32N4O5/c1-33(16-17-38-3)19-26(35)34(2)23-13-11-22(12-14-23)31-28(20-8-6-5-7-9-20)27-24-15-10-21(30(37)39-4)18-25(24)32-29(27)36/h5-15,18,27H,16-17,19H2,1-4H3,(H,32,36). The first-order valence-electron chi connectivity index (χ1n) is 12.5. The van der Waals surface area contributed by atoms with Crippen LogP contribution < -0.4 is 10.2 Å². The molecule has 0 saturated carbocycles. The Balaban J connectivity index is 1.63. The average molecular weight is 529 g/mol. The van der Waals surface area contributed by atoms with Crippen LogP contribution in [0, 0.1) is 0 Å². The lowest BCUT2D eigenvalue weighted by Crippen LogP contribution is -2.37. The summed E-state index contributed by atoms with van der Waals surface area (Å²) in [7, 11) is 6.56. The number of methoxy groups -OCH3 is 2. The summed E-state index contributed by atoms with van der Waals surface area (Å²) in [5, 5.41) is 2.88. The molecule has 0 bridgehead atoms. The number of fused-ring (bicyclic) bond motifs is 1. The zero-order chi connectivity index (χ0) is 27.9. The molecule has 0 spiro atoms. The second-order valence-electron chi connectivity index (χ2n) is 9.28. The minimum atomic E-state index is -0.666. The number of anilines is 2. The SMILES string of the molecule is COCCN(C)CC(=O)N(C)c1ccc(N=C(c2ccccc2)C2C(=O)Nc3cc(C(=O)OC)ccc32)cc1. The van der Waals surface area contributed by atoms with Crippen LogP contribution in [0.4, 0.5) is 17.1 Å². The van der Waals surface area contributed by atoms with Crippen LogP contribution in [-0.2, 0) is 19.1 Å². The largest absolute Gasteiger partial charge is 0.465 e. The zero-order valence-electron chi connectivity index (χ0n) is 22.5. The van der Waals surface area contributed by atoms with Gasteiger partial charge in [-0.05, 0) is 54.6 Å². The maximum atomic E-state index is 13.2. The maximum Gasteiger partial charge on any atom is 0.337 e. The fraction of sp³-hybridized carbons (Fsp3) is 0.267. The van der Waals surface area contributed by atoms with Gasteiger partial charge in [0.1, 0.15) is 5.92 Å². The van der Waals surface area contributed by atoms with Gasteiger partial charge in [-0.1, -0.05) is 36.4 Å². The molecule has 202 valence electrons. The molecule has 1 N–H and O–H groups in total. The van der Waals surface area contributed by atoms with Crippen LogP contribution in [0.5, 0.6) is 0 Å². The number of carbonyl (C=O) groups excluding carboxylic acids is 3. The van der Waals surface area contributed by atoms with Gasteiger partial charge in [0.15, 0.2) is 0 Å². The van der Waals surface area contributed by atoms with Gasteiger partial charge < -0.3 is 19.7 Å². The Bertz CT molecular complexity index is 1370. The summed E-state index contributed by atoms with van der Waals surface area (Å²) < 4.78 is 9.89. The number of benzene rings is 3. The van der Waals surface area contributed by atoms with Crippen LogP contribution in [-0.4, -0.2) is 76.4 Å². The zero-order valence-corrected chi connectivity index (χ0v) is 22.5. The summed E-state index contributed by atoms with van der Waals surface area (Å²) in [6.45, 7) is 1.49. The fourth-order valence-corrected chi connectivity index (χ4v) is 4.38. The molecule has 1 atom stereocenters. The lowest BCUT2D eigenvalue weighted by atomic mass is 9.90. The normalized spacial score (nSPS) is 14.6. The molecule has 1 aliphatic heterocycles. The fourth-order valence-electron chi connectivity index (χ4n) is 4.38. The summed E-state index contributed by atoms with van der Waals surface area (Å²) in [6.07, 6.45) is 0. The first kappa shape index (κ1) is 27.7. The lowest BCUT2D eigenvalue weighted by Gasteiger charge is -2.22. The summed E-state index contributed by atoms with van der Waals surface area (Å²) in [4.78, 5) is 46.3. The number of likely N-dealkylation sites (N-methyl/N-ethyl adjacent to an activating group) is 2. The predicted molar refractivity (Wildman–Crippen MR) is 151 cm³/mol. The molecular weight excluding hydrogens is 496 g/mol. The van der Waals surface area contributed by atoms with Crippen molar-refractivity contribution in [3.63, 3.8) is 0 Å². The van der Waals surface area contributed by atoms with Gasteiger partial charge in [-0.25, -0.2) is 4.79 Å². The van der Waals surface area contributed by atoms with Crippen molar-refractivity contribution >= 4 is 40.6 Å². The summed E-state index contributed by atoms with van der Waals surface area (Å²) in [6, 6.07) is 21.9. The lowest BCUT2D eigenvalue weighted by molar-refractivity contribution is -0.119. The van der Waals surface area contributed by atoms with E-state index in [1.807, 2.05) is 66.5 Å². The van der Waals surface area contributed by atoms with Crippen molar-refractivity contribution in [3.05, 3.63) is 89.5 Å². The van der Waals surface area contributed by atoms with Gasteiger partial charge in [-0.2, -0.15) is 0 Å². The monoisotopic (exact) mass is 528 g/mol. The van der Waals surface area contributed by atoms with Crippen molar-refractivity contribution in [2.75, 3.05) is 58.2 Å². The highest BCUT2D eigenvalue weighted by Gasteiger charge is 2.36. The molecule has 0 saturated heterocycles. The summed E-state index contributed by atoms with van der Waals surface area (Å²) >= 11 is 0. The quantitative estimate of drug-likeness (QED) is 0.317. The molecule has 3 aromatic carbocycles. The van der Waals surface area contributed by atoms with E-state index >= 15 is 0 Å². The Morgan fingerprint density at radius 1 is 0.949 bits per heavy atom. The van der Waals surface area contributed by atoms with Crippen molar-refractivity contribution < 1.29 is 23.9 Å². The molecule has 3 aromatic rings. The molecule has 4 rings (SSSR count). The van der Waals surface area contributed by atoms with Gasteiger partial charge in [0, 0.05) is 32.1 Å². The van der Waals surface area contributed by atoms with Crippen molar-refractivity contribution in [1.82, 2.24) is 4.90 Å². The van der Waals surface area contributed by atoms with E-state index in [4.69, 9.17) is 14.5 Å². The van der Waals surface area contributed by atoms with E-state index in [-0.39, 0.29) is 18.4 Å². The third-order valence-electron chi connectivity index (χ3n) is 6.59. The molecule has 1 aliphatic rings. The highest BCUT2D eigenvalue weighted by Crippen LogP contribution is 2.37. The molecule has 39 heavy (non-hydrogen) atoms. The number of aliphatic imine (C=N–C) groups is 1. The van der Waals surface area contributed by atoms with Crippen LogP contribution >= 0.6 is 0 Å². The minimum Gasteiger partial charge on any atom is -0.465 e. The van der Waals surface area contributed by atoms with Gasteiger partial charge in [0.25, 0.3) is 0 Å². The number of hydrogen-bond donors (Lipinski definition) is 1. The van der Waals surface area contributed by atoms with Crippen LogP contribution in [0.15, 0.2) is 77.8 Å². The van der Waals surface area contributed by atoms with Gasteiger partial charge >= 0.3 is 5.97 Å². The number of rotatable bonds is 10. The number of ether oxygens (including phenoxy) is 2. The third-order valence-corrected chi connectivity index (χ3v) is 6.59. The molecule has 9 nitrogen and oxygen atoms in total. The van der Waals surface area contributed by atoms with E-state index in [2.05, 4.69) is 5.32 Å². The highest BCUT2D eigenvalue weighted by atomic mass is 16.5. The van der Waals surface area contributed by atoms with Crippen LogP contribution in [0.1, 0.15) is 27.4 Å². The van der Waals surface area contributed by atoms with Crippen molar-refractivity contribution in [2.24, 2.45) is 4.99 Å². The molecular formula is C30H32N4O5. The molecule has 0 radical (unpaired) electrons. The van der Waals surface area contributed by atoms with E-state index < -0.39 is 11.9 Å². The number of carbonyl (C=O) groups is 3. The smallest absolute Gasteiger partial charge is 0.337 e. The molecule has 1 heterocycles. The number of nitrogens with one attached hydrogen (secondary N) is 1. The molecule has 0 aromatic heterocycles. The molecule has 9 heteroatoms. The number of hydrogen-bond acceptors (Lipinski definition) is 7. The highest BCUT2D eigenvalue weighted by molar-refractivity contribution is 6.24. The van der Waals surface area contributed by atoms with E-state index in [0.717, 1.165) is 16.8 Å². The van der Waals surface area contributed by atoms with Gasteiger partial charge in [0.05, 0.1) is 37.2 Å². The van der Waals surface area contributed by atoms with Crippen molar-refractivity contribution in [1.29, 1.82) is 0 Å². The first-order valence-corrected chi connectivity index (χ1v) is 12.5. The summed E-state index contributed by atoms with van der Waals surface area (Å²) in [5.74, 6) is -1.41. The second-order valence-corrected chi connectivity index (χ2v) is 9.28. The van der Waals surface area contributed by atoms with E-state index in [0.29, 0.717) is 35.8 Å². The Labute approximate surface area is 228 Å². The van der Waals surface area contributed by atoms with Crippen LogP contribution in [0.3, 0.4) is 0 Å². The molecule has 2 amide bonds. The van der Waals surface area contributed by atoms with E-state index in [1.165, 1.54) is 7.11 Å². The Hall–Kier alpha value is -4.34. The maximum absolute atomic E-state index is 13.2. The van der Waals surface area contributed by atoms with Gasteiger partial charge in [0.2, 0.25) is 11.8 Å².